The van der Waals surface area contributed by atoms with Gasteiger partial charge in [0.15, 0.2) is 16.4 Å². The summed E-state index contributed by atoms with van der Waals surface area (Å²) in [6, 6.07) is 19.6. The number of nitro groups is 1. The van der Waals surface area contributed by atoms with E-state index in [4.69, 9.17) is 4.74 Å². The first kappa shape index (κ1) is 24.4. The number of benzene rings is 3. The molecule has 0 aliphatic carbocycles. The second kappa shape index (κ2) is 9.88. The van der Waals surface area contributed by atoms with Gasteiger partial charge in [0.2, 0.25) is 0 Å². The van der Waals surface area contributed by atoms with E-state index in [9.17, 15) is 28.1 Å². The Kier molecular flexibility index (Phi) is 6.90. The van der Waals surface area contributed by atoms with Gasteiger partial charge in [-0.05, 0) is 29.8 Å². The molecule has 3 aromatic carbocycles. The number of para-hydroxylation sites is 1. The number of amides is 1. The fourth-order valence-corrected chi connectivity index (χ4v) is 5.80. The van der Waals surface area contributed by atoms with E-state index >= 15 is 0 Å². The molecular weight excluding hydrogens is 492 g/mol. The van der Waals surface area contributed by atoms with E-state index in [1.54, 1.807) is 16.7 Å². The average molecular weight is 513 g/mol. The third-order valence-electron chi connectivity index (χ3n) is 5.40. The molecule has 0 N–H and O–H groups in total. The summed E-state index contributed by atoms with van der Waals surface area (Å²) in [6.07, 6.45) is 0.837. The number of carbonyl (C=O) groups is 2. The van der Waals surface area contributed by atoms with Crippen LogP contribution in [0.2, 0.25) is 0 Å². The van der Waals surface area contributed by atoms with Gasteiger partial charge in [-0.3, -0.25) is 19.8 Å². The van der Waals surface area contributed by atoms with Crippen LogP contribution in [0, 0.1) is 10.1 Å². The minimum Gasteiger partial charge on any atom is -0.452 e. The molecule has 0 aromatic heterocycles. The predicted molar refractivity (Wildman–Crippen MR) is 130 cm³/mol. The van der Waals surface area contributed by atoms with Gasteiger partial charge in [0.1, 0.15) is 4.90 Å². The van der Waals surface area contributed by atoms with Crippen molar-refractivity contribution in [1.82, 2.24) is 0 Å². The van der Waals surface area contributed by atoms with Gasteiger partial charge in [0, 0.05) is 23.0 Å². The van der Waals surface area contributed by atoms with Crippen LogP contribution in [0.25, 0.3) is 0 Å². The molecule has 4 rings (SSSR count). The highest BCUT2D eigenvalue weighted by Gasteiger charge is 2.33. The molecule has 0 bridgehead atoms. The molecule has 0 saturated heterocycles. The number of sulfone groups is 1. The minimum absolute atomic E-state index is 0.230. The van der Waals surface area contributed by atoms with Crippen molar-refractivity contribution in [2.24, 2.45) is 0 Å². The van der Waals surface area contributed by atoms with Crippen LogP contribution < -0.4 is 4.90 Å². The molecule has 0 unspecified atom stereocenters. The number of esters is 1. The van der Waals surface area contributed by atoms with E-state index in [2.05, 4.69) is 0 Å². The predicted octanol–water partition coefficient (Wildman–Crippen LogP) is 4.04. The molecule has 1 aliphatic rings. The zero-order valence-corrected chi connectivity index (χ0v) is 20.1. The van der Waals surface area contributed by atoms with E-state index in [0.29, 0.717) is 11.4 Å². The van der Waals surface area contributed by atoms with Crippen LogP contribution in [-0.4, -0.2) is 43.8 Å². The quantitative estimate of drug-likeness (QED) is 0.275. The van der Waals surface area contributed by atoms with Crippen molar-refractivity contribution in [3.8, 4) is 0 Å². The van der Waals surface area contributed by atoms with Crippen LogP contribution in [0.3, 0.4) is 0 Å². The topological polar surface area (TPSA) is 124 Å². The highest BCUT2D eigenvalue weighted by molar-refractivity contribution is 7.99. The first-order chi connectivity index (χ1) is 16.7. The molecule has 0 radical (unpaired) electrons. The summed E-state index contributed by atoms with van der Waals surface area (Å²) in [6.45, 7) is -0.594. The van der Waals surface area contributed by atoms with Gasteiger partial charge in [-0.25, -0.2) is 13.2 Å². The minimum atomic E-state index is -3.88. The first-order valence-corrected chi connectivity index (χ1v) is 13.3. The monoisotopic (exact) mass is 512 g/mol. The lowest BCUT2D eigenvalue weighted by atomic mass is 10.1. The number of nitrogens with zero attached hydrogens (tertiary/aromatic N) is 2. The standard InChI is InChI=1S/C24H20N2O7S2/c1-35(31,32)22-12-11-17(13-19(22)26(29)30)24(28)33-14-23(27)25-18-9-5-6-10-21(18)34-15-20(25)16-7-3-2-4-8-16/h2-13,20H,14-15H2,1H3/t20-/m1/s1. The van der Waals surface area contributed by atoms with Gasteiger partial charge in [-0.15, -0.1) is 11.8 Å². The molecule has 35 heavy (non-hydrogen) atoms. The van der Waals surface area contributed by atoms with E-state index in [1.807, 2.05) is 54.6 Å². The molecule has 1 heterocycles. The molecule has 0 saturated carbocycles. The Labute approximate surface area is 205 Å². The van der Waals surface area contributed by atoms with Crippen LogP contribution in [0.5, 0.6) is 0 Å². The third kappa shape index (κ3) is 5.20. The molecule has 180 valence electrons. The molecular formula is C24H20N2O7S2. The SMILES string of the molecule is CS(=O)(=O)c1ccc(C(=O)OCC(=O)N2c3ccccc3SC[C@@H]2c2ccccc2)cc1[N+](=O)[O-]. The molecule has 3 aromatic rings. The van der Waals surface area contributed by atoms with Gasteiger partial charge in [0.25, 0.3) is 11.6 Å². The van der Waals surface area contributed by atoms with Gasteiger partial charge in [-0.2, -0.15) is 0 Å². The average Bonchev–Trinajstić information content (AvgIpc) is 2.86. The molecule has 1 amide bonds. The molecule has 11 heteroatoms. The molecule has 0 spiro atoms. The van der Waals surface area contributed by atoms with Crippen LogP contribution >= 0.6 is 11.8 Å². The molecule has 0 fully saturated rings. The maximum absolute atomic E-state index is 13.3. The van der Waals surface area contributed by atoms with E-state index in [-0.39, 0.29) is 11.6 Å². The lowest BCUT2D eigenvalue weighted by Crippen LogP contribution is -2.41. The number of rotatable bonds is 6. The summed E-state index contributed by atoms with van der Waals surface area (Å²) in [7, 11) is -3.88. The largest absolute Gasteiger partial charge is 0.452 e. The first-order valence-electron chi connectivity index (χ1n) is 10.4. The number of nitro benzene ring substituents is 1. The summed E-state index contributed by atoms with van der Waals surface area (Å²) in [5, 5.41) is 11.3. The van der Waals surface area contributed by atoms with Crippen LogP contribution in [-0.2, 0) is 19.4 Å². The van der Waals surface area contributed by atoms with Crippen molar-refractivity contribution in [2.45, 2.75) is 15.8 Å². The highest BCUT2D eigenvalue weighted by Crippen LogP contribution is 2.43. The highest BCUT2D eigenvalue weighted by atomic mass is 32.2. The summed E-state index contributed by atoms with van der Waals surface area (Å²) < 4.78 is 28.8. The maximum Gasteiger partial charge on any atom is 0.338 e. The smallest absolute Gasteiger partial charge is 0.338 e. The van der Waals surface area contributed by atoms with Crippen molar-refractivity contribution >= 4 is 44.9 Å². The van der Waals surface area contributed by atoms with Crippen molar-refractivity contribution < 1.29 is 27.7 Å². The van der Waals surface area contributed by atoms with Gasteiger partial charge in [-0.1, -0.05) is 42.5 Å². The zero-order chi connectivity index (χ0) is 25.2. The van der Waals surface area contributed by atoms with Gasteiger partial charge in [0.05, 0.1) is 22.2 Å². The Balaban J connectivity index is 1.57. The molecule has 9 nitrogen and oxygen atoms in total. The van der Waals surface area contributed by atoms with Crippen molar-refractivity contribution in [1.29, 1.82) is 0 Å². The Morgan fingerprint density at radius 3 is 2.46 bits per heavy atom. The Bertz CT molecular complexity index is 1410. The number of fused-ring (bicyclic) bond motifs is 1. The van der Waals surface area contributed by atoms with Crippen LogP contribution in [0.15, 0.2) is 82.6 Å². The van der Waals surface area contributed by atoms with Gasteiger partial charge < -0.3 is 4.74 Å². The lowest BCUT2D eigenvalue weighted by molar-refractivity contribution is -0.387. The number of carbonyl (C=O) groups excluding carboxylic acids is 2. The zero-order valence-electron chi connectivity index (χ0n) is 18.5. The number of ether oxygens (including phenoxy) is 1. The van der Waals surface area contributed by atoms with E-state index < -0.39 is 43.8 Å². The fourth-order valence-electron chi connectivity index (χ4n) is 3.80. The normalized spacial score (nSPS) is 15.2. The summed E-state index contributed by atoms with van der Waals surface area (Å²) >= 11 is 1.63. The number of hydrogen-bond acceptors (Lipinski definition) is 8. The Morgan fingerprint density at radius 2 is 1.77 bits per heavy atom. The number of thioether (sulfide) groups is 1. The second-order valence-corrected chi connectivity index (χ2v) is 10.8. The lowest BCUT2D eigenvalue weighted by Gasteiger charge is -2.37. The van der Waals surface area contributed by atoms with Gasteiger partial charge >= 0.3 is 5.97 Å². The molecule has 1 aliphatic heterocycles. The van der Waals surface area contributed by atoms with Crippen LogP contribution in [0.4, 0.5) is 11.4 Å². The second-order valence-electron chi connectivity index (χ2n) is 7.76. The van der Waals surface area contributed by atoms with Crippen molar-refractivity contribution in [3.63, 3.8) is 0 Å². The van der Waals surface area contributed by atoms with Crippen molar-refractivity contribution in [2.75, 3.05) is 23.5 Å². The maximum atomic E-state index is 13.3. The Morgan fingerprint density at radius 1 is 1.09 bits per heavy atom. The third-order valence-corrected chi connectivity index (χ3v) is 7.69. The fraction of sp³-hybridized carbons (Fsp3) is 0.167. The Hall–Kier alpha value is -3.70. The summed E-state index contributed by atoms with van der Waals surface area (Å²) in [5.74, 6) is -0.820. The van der Waals surface area contributed by atoms with Crippen molar-refractivity contribution in [3.05, 3.63) is 94.0 Å². The summed E-state index contributed by atoms with van der Waals surface area (Å²) in [5.41, 5.74) is 0.665. The summed E-state index contributed by atoms with van der Waals surface area (Å²) in [4.78, 5) is 38.3. The van der Waals surface area contributed by atoms with E-state index in [0.717, 1.165) is 34.9 Å². The van der Waals surface area contributed by atoms with E-state index in [1.165, 1.54) is 0 Å². The van der Waals surface area contributed by atoms with Crippen LogP contribution in [0.1, 0.15) is 22.0 Å². The number of anilines is 1. The number of hydrogen-bond donors (Lipinski definition) is 0. The molecule has 1 atom stereocenters.